The summed E-state index contributed by atoms with van der Waals surface area (Å²) in [4.78, 5) is 4.66. The van der Waals surface area contributed by atoms with Gasteiger partial charge in [0.25, 0.3) is 0 Å². The van der Waals surface area contributed by atoms with E-state index in [9.17, 15) is 0 Å². The highest BCUT2D eigenvalue weighted by atomic mass is 35.5. The Morgan fingerprint density at radius 2 is 2.05 bits per heavy atom. The summed E-state index contributed by atoms with van der Waals surface area (Å²) in [5, 5.41) is -0.0957. The van der Waals surface area contributed by atoms with Gasteiger partial charge in [-0.2, -0.15) is 0 Å². The largest absolute Gasteiger partial charge is 0.494 e. The van der Waals surface area contributed by atoms with Crippen molar-refractivity contribution in [1.82, 2.24) is 9.55 Å². The lowest BCUT2D eigenvalue weighted by atomic mass is 10.2. The topological polar surface area (TPSA) is 27.1 Å². The summed E-state index contributed by atoms with van der Waals surface area (Å²) in [6.07, 6.45) is 0. The number of imidazole rings is 1. The summed E-state index contributed by atoms with van der Waals surface area (Å²) in [5.41, 5.74) is 2.08. The molecule has 104 valence electrons. The van der Waals surface area contributed by atoms with Crippen LogP contribution in [0.1, 0.15) is 38.9 Å². The second-order valence-electron chi connectivity index (χ2n) is 5.17. The standard InChI is InChI=1S/C15H21ClN2O/c1-5-19-12-6-7-14-13(8-12)17-15(11(4)16)18(14)9-10(2)3/h6-8,10-11H,5,9H2,1-4H3. The zero-order valence-corrected chi connectivity index (χ0v) is 12.7. The minimum absolute atomic E-state index is 0.0957. The van der Waals surface area contributed by atoms with Crippen molar-refractivity contribution < 1.29 is 4.74 Å². The fourth-order valence-electron chi connectivity index (χ4n) is 2.25. The zero-order valence-electron chi connectivity index (χ0n) is 12.0. The van der Waals surface area contributed by atoms with Gasteiger partial charge in [-0.15, -0.1) is 11.6 Å². The van der Waals surface area contributed by atoms with E-state index in [4.69, 9.17) is 16.3 Å². The Kier molecular flexibility index (Phi) is 4.35. The number of hydrogen-bond donors (Lipinski definition) is 0. The third-order valence-corrected chi connectivity index (χ3v) is 3.16. The van der Waals surface area contributed by atoms with Gasteiger partial charge < -0.3 is 9.30 Å². The molecule has 0 spiro atoms. The summed E-state index contributed by atoms with van der Waals surface area (Å²) in [7, 11) is 0. The van der Waals surface area contributed by atoms with Gasteiger partial charge in [0.15, 0.2) is 0 Å². The Labute approximate surface area is 119 Å². The Morgan fingerprint density at radius 1 is 1.32 bits per heavy atom. The maximum absolute atomic E-state index is 6.25. The number of halogens is 1. The molecule has 0 aliphatic rings. The van der Waals surface area contributed by atoms with Gasteiger partial charge in [-0.25, -0.2) is 4.98 Å². The van der Waals surface area contributed by atoms with Gasteiger partial charge in [-0.1, -0.05) is 13.8 Å². The van der Waals surface area contributed by atoms with Gasteiger partial charge >= 0.3 is 0 Å². The molecular weight excluding hydrogens is 260 g/mol. The molecule has 0 bridgehead atoms. The number of aromatic nitrogens is 2. The molecule has 0 amide bonds. The molecule has 0 N–H and O–H groups in total. The Hall–Kier alpha value is -1.22. The predicted octanol–water partition coefficient (Wildman–Crippen LogP) is 4.39. The van der Waals surface area contributed by atoms with E-state index in [-0.39, 0.29) is 5.38 Å². The van der Waals surface area contributed by atoms with Crippen molar-refractivity contribution in [3.8, 4) is 5.75 Å². The van der Waals surface area contributed by atoms with E-state index in [1.165, 1.54) is 0 Å². The van der Waals surface area contributed by atoms with Crippen molar-refractivity contribution >= 4 is 22.6 Å². The molecule has 1 heterocycles. The van der Waals surface area contributed by atoms with Crippen LogP contribution in [0, 0.1) is 5.92 Å². The lowest BCUT2D eigenvalue weighted by Crippen LogP contribution is -2.09. The van der Waals surface area contributed by atoms with Gasteiger partial charge in [-0.3, -0.25) is 0 Å². The number of benzene rings is 1. The number of hydrogen-bond acceptors (Lipinski definition) is 2. The van der Waals surface area contributed by atoms with Crippen molar-refractivity contribution in [3.63, 3.8) is 0 Å². The summed E-state index contributed by atoms with van der Waals surface area (Å²) in [5.74, 6) is 2.34. The first kappa shape index (κ1) is 14.2. The van der Waals surface area contributed by atoms with Crippen LogP contribution in [0.25, 0.3) is 11.0 Å². The normalized spacial score (nSPS) is 13.2. The van der Waals surface area contributed by atoms with Gasteiger partial charge in [0.05, 0.1) is 23.0 Å². The van der Waals surface area contributed by atoms with Crippen LogP contribution in [0.5, 0.6) is 5.75 Å². The monoisotopic (exact) mass is 280 g/mol. The van der Waals surface area contributed by atoms with Crippen LogP contribution in [0.3, 0.4) is 0 Å². The molecule has 0 saturated heterocycles. The van der Waals surface area contributed by atoms with E-state index in [0.29, 0.717) is 12.5 Å². The molecule has 0 saturated carbocycles. The molecule has 1 unspecified atom stereocenters. The first-order valence-electron chi connectivity index (χ1n) is 6.80. The second kappa shape index (κ2) is 5.83. The average Bonchev–Trinajstić information content (AvgIpc) is 2.67. The SMILES string of the molecule is CCOc1ccc2c(c1)nc(C(C)Cl)n2CC(C)C. The van der Waals surface area contributed by atoms with Crippen LogP contribution in [0.15, 0.2) is 18.2 Å². The van der Waals surface area contributed by atoms with E-state index >= 15 is 0 Å². The van der Waals surface area contributed by atoms with Gasteiger partial charge in [0, 0.05) is 12.6 Å². The van der Waals surface area contributed by atoms with Crippen molar-refractivity contribution in [1.29, 1.82) is 0 Å². The van der Waals surface area contributed by atoms with Gasteiger partial charge in [-0.05, 0) is 31.9 Å². The van der Waals surface area contributed by atoms with Crippen molar-refractivity contribution in [2.75, 3.05) is 6.61 Å². The molecular formula is C15H21ClN2O. The molecule has 19 heavy (non-hydrogen) atoms. The zero-order chi connectivity index (χ0) is 14.0. The van der Waals surface area contributed by atoms with Gasteiger partial charge in [0.2, 0.25) is 0 Å². The van der Waals surface area contributed by atoms with Crippen LogP contribution < -0.4 is 4.74 Å². The maximum Gasteiger partial charge on any atom is 0.127 e. The first-order valence-corrected chi connectivity index (χ1v) is 7.23. The quantitative estimate of drug-likeness (QED) is 0.760. The van der Waals surface area contributed by atoms with E-state index in [1.807, 2.05) is 26.0 Å². The number of nitrogens with zero attached hydrogens (tertiary/aromatic N) is 2. The highest BCUT2D eigenvalue weighted by Crippen LogP contribution is 2.28. The molecule has 2 rings (SSSR count). The predicted molar refractivity (Wildman–Crippen MR) is 80.0 cm³/mol. The van der Waals surface area contributed by atoms with Crippen molar-refractivity contribution in [3.05, 3.63) is 24.0 Å². The minimum Gasteiger partial charge on any atom is -0.494 e. The lowest BCUT2D eigenvalue weighted by Gasteiger charge is -2.12. The average molecular weight is 281 g/mol. The molecule has 1 atom stereocenters. The summed E-state index contributed by atoms with van der Waals surface area (Å²) in [6.45, 7) is 9.93. The van der Waals surface area contributed by atoms with Crippen molar-refractivity contribution in [2.24, 2.45) is 5.92 Å². The second-order valence-corrected chi connectivity index (χ2v) is 5.83. The number of alkyl halides is 1. The molecule has 1 aromatic heterocycles. The van der Waals surface area contributed by atoms with Crippen LogP contribution >= 0.6 is 11.6 Å². The number of rotatable bonds is 5. The lowest BCUT2D eigenvalue weighted by molar-refractivity contribution is 0.340. The molecule has 0 aliphatic heterocycles. The fraction of sp³-hybridized carbons (Fsp3) is 0.533. The first-order chi connectivity index (χ1) is 9.02. The molecule has 0 aliphatic carbocycles. The van der Waals surface area contributed by atoms with Crippen LogP contribution in [0.4, 0.5) is 0 Å². The molecule has 2 aromatic rings. The van der Waals surface area contributed by atoms with E-state index in [0.717, 1.165) is 29.2 Å². The third-order valence-electron chi connectivity index (χ3n) is 2.96. The van der Waals surface area contributed by atoms with E-state index in [1.54, 1.807) is 0 Å². The third kappa shape index (κ3) is 3.03. The van der Waals surface area contributed by atoms with E-state index < -0.39 is 0 Å². The van der Waals surface area contributed by atoms with E-state index in [2.05, 4.69) is 29.5 Å². The van der Waals surface area contributed by atoms with Crippen LogP contribution in [0.2, 0.25) is 0 Å². The maximum atomic E-state index is 6.25. The van der Waals surface area contributed by atoms with Crippen LogP contribution in [-0.2, 0) is 6.54 Å². The summed E-state index contributed by atoms with van der Waals surface area (Å²) < 4.78 is 7.74. The summed E-state index contributed by atoms with van der Waals surface area (Å²) >= 11 is 6.25. The molecule has 0 fully saturated rings. The Morgan fingerprint density at radius 3 is 2.63 bits per heavy atom. The van der Waals surface area contributed by atoms with Crippen LogP contribution in [-0.4, -0.2) is 16.2 Å². The Balaban J connectivity index is 2.53. The number of ether oxygens (including phenoxy) is 1. The molecule has 0 radical (unpaired) electrons. The van der Waals surface area contributed by atoms with Gasteiger partial charge in [0.1, 0.15) is 11.6 Å². The summed E-state index contributed by atoms with van der Waals surface area (Å²) in [6, 6.07) is 6.05. The highest BCUT2D eigenvalue weighted by Gasteiger charge is 2.16. The fourth-order valence-corrected chi connectivity index (χ4v) is 2.41. The molecule has 4 heteroatoms. The highest BCUT2D eigenvalue weighted by molar-refractivity contribution is 6.20. The minimum atomic E-state index is -0.0957. The molecule has 1 aromatic carbocycles. The Bertz CT molecular complexity index is 561. The smallest absolute Gasteiger partial charge is 0.127 e. The number of fused-ring (bicyclic) bond motifs is 1. The van der Waals surface area contributed by atoms with Crippen molar-refractivity contribution in [2.45, 2.75) is 39.6 Å². The molecule has 3 nitrogen and oxygen atoms in total.